The molecule has 0 aliphatic rings. The van der Waals surface area contributed by atoms with Gasteiger partial charge in [0, 0.05) is 11.0 Å². The molecule has 0 aromatic heterocycles. The van der Waals surface area contributed by atoms with Crippen LogP contribution in [-0.2, 0) is 11.3 Å². The zero-order chi connectivity index (χ0) is 14.7. The Morgan fingerprint density at radius 1 is 1.00 bits per heavy atom. The summed E-state index contributed by atoms with van der Waals surface area (Å²) in [5.41, 5.74) is 1.73. The van der Waals surface area contributed by atoms with Crippen LogP contribution in [0.25, 0.3) is 0 Å². The molecule has 0 saturated carbocycles. The van der Waals surface area contributed by atoms with Crippen LogP contribution < -0.4 is 0 Å². The van der Waals surface area contributed by atoms with Crippen molar-refractivity contribution in [3.63, 3.8) is 0 Å². The number of Topliss-reactive ketones (excluding diaryl/α,β-unsaturated/α-hetero) is 1. The Balaban J connectivity index is 2.60. The normalized spacial score (nSPS) is 12.5. The first kappa shape index (κ1) is 15.9. The first-order chi connectivity index (χ1) is 8.59. The summed E-state index contributed by atoms with van der Waals surface area (Å²) in [4.78, 5) is 12.1. The molecule has 0 aliphatic carbocycles. The van der Waals surface area contributed by atoms with Crippen molar-refractivity contribution in [3.8, 4) is 0 Å². The summed E-state index contributed by atoms with van der Waals surface area (Å²) in [6, 6.07) is 7.73. The third kappa shape index (κ3) is 5.56. The van der Waals surface area contributed by atoms with Gasteiger partial charge in [0.15, 0.2) is 5.78 Å². The second-order valence-electron chi connectivity index (χ2n) is 7.33. The van der Waals surface area contributed by atoms with Crippen LogP contribution in [0, 0.1) is 10.8 Å². The minimum Gasteiger partial charge on any atom is -0.376 e. The van der Waals surface area contributed by atoms with Crippen LogP contribution in [0.5, 0.6) is 0 Å². The molecule has 0 atom stereocenters. The van der Waals surface area contributed by atoms with E-state index in [1.807, 2.05) is 45.0 Å². The minimum atomic E-state index is -0.329. The lowest BCUT2D eigenvalue weighted by Gasteiger charge is -2.18. The number of ketones is 1. The number of carbonyl (C=O) groups is 1. The van der Waals surface area contributed by atoms with E-state index >= 15 is 0 Å². The average Bonchev–Trinajstić information content (AvgIpc) is 2.26. The van der Waals surface area contributed by atoms with E-state index < -0.39 is 0 Å². The Hall–Kier alpha value is -1.15. The van der Waals surface area contributed by atoms with Crippen molar-refractivity contribution in [2.45, 2.75) is 48.1 Å². The van der Waals surface area contributed by atoms with E-state index in [0.717, 1.165) is 17.7 Å². The van der Waals surface area contributed by atoms with Gasteiger partial charge in [-0.1, -0.05) is 65.8 Å². The monoisotopic (exact) mass is 262 g/mol. The molecule has 1 rings (SSSR count). The topological polar surface area (TPSA) is 26.3 Å². The van der Waals surface area contributed by atoms with E-state index in [1.165, 1.54) is 0 Å². The lowest BCUT2D eigenvalue weighted by atomic mass is 9.86. The maximum absolute atomic E-state index is 12.1. The lowest BCUT2D eigenvalue weighted by Crippen LogP contribution is -2.20. The van der Waals surface area contributed by atoms with Crippen LogP contribution in [0.1, 0.15) is 57.5 Å². The highest BCUT2D eigenvalue weighted by Gasteiger charge is 2.22. The van der Waals surface area contributed by atoms with Crippen LogP contribution in [0.4, 0.5) is 0 Å². The summed E-state index contributed by atoms with van der Waals surface area (Å²) in [6.07, 6.45) is 0. The van der Waals surface area contributed by atoms with Gasteiger partial charge in [-0.15, -0.1) is 0 Å². The zero-order valence-corrected chi connectivity index (χ0v) is 13.0. The molecule has 0 unspecified atom stereocenters. The van der Waals surface area contributed by atoms with Crippen molar-refractivity contribution >= 4 is 5.78 Å². The van der Waals surface area contributed by atoms with E-state index in [1.54, 1.807) is 0 Å². The molecule has 0 spiro atoms. The van der Waals surface area contributed by atoms with E-state index in [2.05, 4.69) is 20.8 Å². The van der Waals surface area contributed by atoms with Gasteiger partial charge in [0.1, 0.15) is 0 Å². The third-order valence-electron chi connectivity index (χ3n) is 2.70. The fraction of sp³-hybridized carbons (Fsp3) is 0.588. The van der Waals surface area contributed by atoms with Gasteiger partial charge in [0.2, 0.25) is 0 Å². The fourth-order valence-corrected chi connectivity index (χ4v) is 1.66. The van der Waals surface area contributed by atoms with Gasteiger partial charge in [-0.25, -0.2) is 0 Å². The molecule has 0 saturated heterocycles. The van der Waals surface area contributed by atoms with Crippen LogP contribution in [-0.4, -0.2) is 12.4 Å². The van der Waals surface area contributed by atoms with E-state index in [0.29, 0.717) is 6.61 Å². The highest BCUT2D eigenvalue weighted by atomic mass is 16.5. The SMILES string of the molecule is CC(C)(C)COCc1ccc(C(=O)C(C)(C)C)cc1. The Labute approximate surface area is 117 Å². The molecule has 0 heterocycles. The van der Waals surface area contributed by atoms with Gasteiger partial charge in [0.05, 0.1) is 13.2 Å². The molecule has 0 bridgehead atoms. The van der Waals surface area contributed by atoms with Gasteiger partial charge in [-0.2, -0.15) is 0 Å². The molecule has 0 radical (unpaired) electrons. The molecule has 2 heteroatoms. The number of carbonyl (C=O) groups excluding carboxylic acids is 1. The van der Waals surface area contributed by atoms with Crippen molar-refractivity contribution in [1.82, 2.24) is 0 Å². The molecule has 0 N–H and O–H groups in total. The Kier molecular flexibility index (Phi) is 4.92. The van der Waals surface area contributed by atoms with Crippen LogP contribution in [0.15, 0.2) is 24.3 Å². The van der Waals surface area contributed by atoms with E-state index in [9.17, 15) is 4.79 Å². The second kappa shape index (κ2) is 5.87. The highest BCUT2D eigenvalue weighted by molar-refractivity contribution is 5.99. The minimum absolute atomic E-state index is 0.176. The van der Waals surface area contributed by atoms with Crippen LogP contribution in [0.3, 0.4) is 0 Å². The van der Waals surface area contributed by atoms with Gasteiger partial charge < -0.3 is 4.74 Å². The molecular formula is C17H26O2. The van der Waals surface area contributed by atoms with Gasteiger partial charge in [0.25, 0.3) is 0 Å². The van der Waals surface area contributed by atoms with Gasteiger partial charge in [-0.05, 0) is 11.0 Å². The summed E-state index contributed by atoms with van der Waals surface area (Å²) in [6.45, 7) is 13.6. The smallest absolute Gasteiger partial charge is 0.168 e. The maximum atomic E-state index is 12.1. The van der Waals surface area contributed by atoms with Gasteiger partial charge in [-0.3, -0.25) is 4.79 Å². The fourth-order valence-electron chi connectivity index (χ4n) is 1.66. The molecular weight excluding hydrogens is 236 g/mol. The molecule has 106 valence electrons. The summed E-state index contributed by atoms with van der Waals surface area (Å²) in [7, 11) is 0. The molecule has 0 aliphatic heterocycles. The predicted octanol–water partition coefficient (Wildman–Crippen LogP) is 4.48. The van der Waals surface area contributed by atoms with E-state index in [-0.39, 0.29) is 16.6 Å². The quantitative estimate of drug-likeness (QED) is 0.748. The van der Waals surface area contributed by atoms with Crippen molar-refractivity contribution in [2.24, 2.45) is 10.8 Å². The summed E-state index contributed by atoms with van der Waals surface area (Å²) >= 11 is 0. The standard InChI is InChI=1S/C17H26O2/c1-16(2,3)12-19-11-13-7-9-14(10-8-13)15(18)17(4,5)6/h7-10H,11-12H2,1-6H3. The van der Waals surface area contributed by atoms with Crippen molar-refractivity contribution < 1.29 is 9.53 Å². The number of rotatable bonds is 4. The van der Waals surface area contributed by atoms with Crippen molar-refractivity contribution in [1.29, 1.82) is 0 Å². The van der Waals surface area contributed by atoms with Crippen LogP contribution >= 0.6 is 0 Å². The average molecular weight is 262 g/mol. The number of ether oxygens (including phenoxy) is 1. The lowest BCUT2D eigenvalue weighted by molar-refractivity contribution is 0.0599. The molecule has 0 fully saturated rings. The van der Waals surface area contributed by atoms with Crippen LogP contribution in [0.2, 0.25) is 0 Å². The Morgan fingerprint density at radius 2 is 1.53 bits per heavy atom. The first-order valence-electron chi connectivity index (χ1n) is 6.81. The molecule has 1 aromatic carbocycles. The molecule has 1 aromatic rings. The molecule has 19 heavy (non-hydrogen) atoms. The number of benzene rings is 1. The van der Waals surface area contributed by atoms with Crippen molar-refractivity contribution in [3.05, 3.63) is 35.4 Å². The third-order valence-corrected chi connectivity index (χ3v) is 2.70. The van der Waals surface area contributed by atoms with Gasteiger partial charge >= 0.3 is 0 Å². The summed E-state index contributed by atoms with van der Waals surface area (Å²) < 4.78 is 5.67. The highest BCUT2D eigenvalue weighted by Crippen LogP contribution is 2.21. The Morgan fingerprint density at radius 3 is 1.95 bits per heavy atom. The Bertz CT molecular complexity index is 416. The predicted molar refractivity (Wildman–Crippen MR) is 79.3 cm³/mol. The summed E-state index contributed by atoms with van der Waals surface area (Å²) in [5, 5.41) is 0. The van der Waals surface area contributed by atoms with Crippen molar-refractivity contribution in [2.75, 3.05) is 6.61 Å². The van der Waals surface area contributed by atoms with E-state index in [4.69, 9.17) is 4.74 Å². The zero-order valence-electron chi connectivity index (χ0n) is 13.0. The maximum Gasteiger partial charge on any atom is 0.168 e. The molecule has 2 nitrogen and oxygen atoms in total. The largest absolute Gasteiger partial charge is 0.376 e. The summed E-state index contributed by atoms with van der Waals surface area (Å²) in [5.74, 6) is 0.176. The second-order valence-corrected chi connectivity index (χ2v) is 7.33. The first-order valence-corrected chi connectivity index (χ1v) is 6.81. The molecule has 0 amide bonds. The number of hydrogen-bond donors (Lipinski definition) is 0. The number of hydrogen-bond acceptors (Lipinski definition) is 2.